The number of aromatic nitrogens is 2. The highest BCUT2D eigenvalue weighted by molar-refractivity contribution is 5.84. The summed E-state index contributed by atoms with van der Waals surface area (Å²) in [4.78, 5) is 28.7. The van der Waals surface area contributed by atoms with Crippen molar-refractivity contribution in [1.29, 1.82) is 0 Å². The highest BCUT2D eigenvalue weighted by Crippen LogP contribution is 2.18. The molecule has 118 valence electrons. The Morgan fingerprint density at radius 1 is 1.33 bits per heavy atom. The second-order valence-corrected chi connectivity index (χ2v) is 6.04. The molecule has 0 radical (unpaired) electrons. The molecular formula is C14H24N4O3. The molecule has 0 aliphatic heterocycles. The topological polar surface area (TPSA) is 88.3 Å². The molecule has 1 heterocycles. The van der Waals surface area contributed by atoms with Crippen molar-refractivity contribution >= 4 is 11.8 Å². The molecule has 0 fully saturated rings. The fourth-order valence-corrected chi connectivity index (χ4v) is 1.63. The van der Waals surface area contributed by atoms with E-state index < -0.39 is 0 Å². The summed E-state index contributed by atoms with van der Waals surface area (Å²) in [5, 5.41) is 6.42. The first kappa shape index (κ1) is 17.1. The third-order valence-electron chi connectivity index (χ3n) is 3.01. The Kier molecular flexibility index (Phi) is 5.87. The zero-order valence-electron chi connectivity index (χ0n) is 13.4. The lowest BCUT2D eigenvalue weighted by Crippen LogP contribution is -2.36. The van der Waals surface area contributed by atoms with Gasteiger partial charge in [0, 0.05) is 32.4 Å². The molecule has 1 aromatic heterocycles. The Morgan fingerprint density at radius 3 is 2.52 bits per heavy atom. The van der Waals surface area contributed by atoms with Crippen LogP contribution in [-0.2, 0) is 21.4 Å². The van der Waals surface area contributed by atoms with Crippen LogP contribution in [0.2, 0.25) is 0 Å². The molecule has 1 rings (SSSR count). The number of carbonyl (C=O) groups is 2. The van der Waals surface area contributed by atoms with Crippen molar-refractivity contribution in [3.05, 3.63) is 11.7 Å². The van der Waals surface area contributed by atoms with Crippen molar-refractivity contribution < 1.29 is 14.1 Å². The third kappa shape index (κ3) is 5.53. The molecule has 0 unspecified atom stereocenters. The zero-order chi connectivity index (χ0) is 16.0. The molecule has 0 saturated heterocycles. The van der Waals surface area contributed by atoms with E-state index in [1.54, 1.807) is 14.1 Å². The SMILES string of the molecule is CNC(=O)CN(C)C(=O)CCCc1nc(C(C)(C)C)no1. The van der Waals surface area contributed by atoms with Crippen molar-refractivity contribution in [2.75, 3.05) is 20.6 Å². The van der Waals surface area contributed by atoms with Gasteiger partial charge in [0.05, 0.1) is 6.54 Å². The highest BCUT2D eigenvalue weighted by atomic mass is 16.5. The Labute approximate surface area is 125 Å². The van der Waals surface area contributed by atoms with E-state index in [0.29, 0.717) is 31.0 Å². The van der Waals surface area contributed by atoms with Gasteiger partial charge in [-0.2, -0.15) is 4.98 Å². The maximum Gasteiger partial charge on any atom is 0.239 e. The van der Waals surface area contributed by atoms with Crippen LogP contribution in [0.5, 0.6) is 0 Å². The smallest absolute Gasteiger partial charge is 0.239 e. The molecule has 7 nitrogen and oxygen atoms in total. The Morgan fingerprint density at radius 2 is 2.00 bits per heavy atom. The van der Waals surface area contributed by atoms with E-state index >= 15 is 0 Å². The Balaban J connectivity index is 2.38. The van der Waals surface area contributed by atoms with Gasteiger partial charge in [-0.3, -0.25) is 9.59 Å². The van der Waals surface area contributed by atoms with Crippen molar-refractivity contribution in [1.82, 2.24) is 20.4 Å². The number of carbonyl (C=O) groups excluding carboxylic acids is 2. The second kappa shape index (κ2) is 7.19. The summed E-state index contributed by atoms with van der Waals surface area (Å²) in [7, 11) is 3.16. The fourth-order valence-electron chi connectivity index (χ4n) is 1.63. The second-order valence-electron chi connectivity index (χ2n) is 6.04. The van der Waals surface area contributed by atoms with Crippen molar-refractivity contribution in [2.45, 2.75) is 45.4 Å². The lowest BCUT2D eigenvalue weighted by molar-refractivity contribution is -0.134. The van der Waals surface area contributed by atoms with Gasteiger partial charge in [-0.05, 0) is 6.42 Å². The standard InChI is InChI=1S/C14H24N4O3/c1-14(2,3)13-16-11(21-17-13)7-6-8-12(20)18(5)9-10(19)15-4/h6-9H2,1-5H3,(H,15,19). The van der Waals surface area contributed by atoms with E-state index in [-0.39, 0.29) is 23.8 Å². The van der Waals surface area contributed by atoms with Gasteiger partial charge >= 0.3 is 0 Å². The molecular weight excluding hydrogens is 272 g/mol. The first-order valence-corrected chi connectivity index (χ1v) is 7.01. The van der Waals surface area contributed by atoms with Crippen LogP contribution in [0.25, 0.3) is 0 Å². The van der Waals surface area contributed by atoms with E-state index in [9.17, 15) is 9.59 Å². The molecule has 1 N–H and O–H groups in total. The van der Waals surface area contributed by atoms with Crippen LogP contribution < -0.4 is 5.32 Å². The number of nitrogens with zero attached hydrogens (tertiary/aromatic N) is 3. The largest absolute Gasteiger partial charge is 0.358 e. The summed E-state index contributed by atoms with van der Waals surface area (Å²) in [6, 6.07) is 0. The molecule has 21 heavy (non-hydrogen) atoms. The summed E-state index contributed by atoms with van der Waals surface area (Å²) < 4.78 is 5.17. The van der Waals surface area contributed by atoms with E-state index in [1.807, 2.05) is 20.8 Å². The van der Waals surface area contributed by atoms with Crippen LogP contribution >= 0.6 is 0 Å². The number of rotatable bonds is 6. The molecule has 0 spiro atoms. The minimum Gasteiger partial charge on any atom is -0.358 e. The predicted octanol–water partition coefficient (Wildman–Crippen LogP) is 0.894. The van der Waals surface area contributed by atoms with Gasteiger partial charge in [-0.25, -0.2) is 0 Å². The lowest BCUT2D eigenvalue weighted by atomic mass is 9.96. The number of hydrogen-bond acceptors (Lipinski definition) is 5. The Bertz CT molecular complexity index is 491. The van der Waals surface area contributed by atoms with E-state index in [2.05, 4.69) is 15.5 Å². The van der Waals surface area contributed by atoms with Crippen LogP contribution in [0, 0.1) is 0 Å². The van der Waals surface area contributed by atoms with Gasteiger partial charge < -0.3 is 14.7 Å². The van der Waals surface area contributed by atoms with Gasteiger partial charge in [0.15, 0.2) is 5.82 Å². The van der Waals surface area contributed by atoms with Gasteiger partial charge in [0.2, 0.25) is 17.7 Å². The molecule has 0 saturated carbocycles. The first-order chi connectivity index (χ1) is 9.74. The molecule has 0 aliphatic rings. The van der Waals surface area contributed by atoms with Crippen LogP contribution in [0.4, 0.5) is 0 Å². The van der Waals surface area contributed by atoms with Crippen molar-refractivity contribution in [3.8, 4) is 0 Å². The van der Waals surface area contributed by atoms with Crippen LogP contribution in [0.15, 0.2) is 4.52 Å². The molecule has 0 aromatic carbocycles. The van der Waals surface area contributed by atoms with Gasteiger partial charge in [-0.1, -0.05) is 25.9 Å². The number of nitrogens with one attached hydrogen (secondary N) is 1. The number of hydrogen-bond donors (Lipinski definition) is 1. The number of amides is 2. The third-order valence-corrected chi connectivity index (χ3v) is 3.01. The lowest BCUT2D eigenvalue weighted by Gasteiger charge is -2.15. The molecule has 2 amide bonds. The monoisotopic (exact) mass is 296 g/mol. The maximum atomic E-state index is 11.8. The van der Waals surface area contributed by atoms with E-state index in [1.165, 1.54) is 4.90 Å². The molecule has 7 heteroatoms. The number of likely N-dealkylation sites (N-methyl/N-ethyl adjacent to an activating group) is 2. The van der Waals surface area contributed by atoms with E-state index in [4.69, 9.17) is 4.52 Å². The minimum absolute atomic E-state index is 0.0735. The number of aryl methyl sites for hydroxylation is 1. The summed E-state index contributed by atoms with van der Waals surface area (Å²) >= 11 is 0. The van der Waals surface area contributed by atoms with Crippen molar-refractivity contribution in [3.63, 3.8) is 0 Å². The van der Waals surface area contributed by atoms with Crippen LogP contribution in [-0.4, -0.2) is 47.5 Å². The molecule has 0 atom stereocenters. The van der Waals surface area contributed by atoms with Crippen LogP contribution in [0.3, 0.4) is 0 Å². The molecule has 1 aromatic rings. The average molecular weight is 296 g/mol. The summed E-state index contributed by atoms with van der Waals surface area (Å²) in [5.74, 6) is 0.953. The zero-order valence-corrected chi connectivity index (χ0v) is 13.4. The average Bonchev–Trinajstić information content (AvgIpc) is 2.87. The van der Waals surface area contributed by atoms with Crippen molar-refractivity contribution in [2.24, 2.45) is 0 Å². The van der Waals surface area contributed by atoms with Gasteiger partial charge in [-0.15, -0.1) is 0 Å². The summed E-state index contributed by atoms with van der Waals surface area (Å²) in [5.41, 5.74) is -0.148. The highest BCUT2D eigenvalue weighted by Gasteiger charge is 2.21. The molecule has 0 bridgehead atoms. The first-order valence-electron chi connectivity index (χ1n) is 7.01. The Hall–Kier alpha value is -1.92. The van der Waals surface area contributed by atoms with Gasteiger partial charge in [0.1, 0.15) is 0 Å². The molecule has 0 aliphatic carbocycles. The quantitative estimate of drug-likeness (QED) is 0.842. The minimum atomic E-state index is -0.183. The summed E-state index contributed by atoms with van der Waals surface area (Å²) in [6.45, 7) is 6.11. The normalized spacial score (nSPS) is 11.3. The maximum absolute atomic E-state index is 11.8. The van der Waals surface area contributed by atoms with Gasteiger partial charge in [0.25, 0.3) is 0 Å². The predicted molar refractivity (Wildman–Crippen MR) is 77.6 cm³/mol. The fraction of sp³-hybridized carbons (Fsp3) is 0.714. The van der Waals surface area contributed by atoms with Crippen LogP contribution in [0.1, 0.15) is 45.3 Å². The van der Waals surface area contributed by atoms with E-state index in [0.717, 1.165) is 0 Å². The summed E-state index contributed by atoms with van der Waals surface area (Å²) in [6.07, 6.45) is 1.52.